The fourth-order valence-corrected chi connectivity index (χ4v) is 2.11. The Balaban J connectivity index is 2.41. The van der Waals surface area contributed by atoms with E-state index in [1.54, 1.807) is 6.07 Å². The number of fused-ring (bicyclic) bond motifs is 1. The summed E-state index contributed by atoms with van der Waals surface area (Å²) in [5.74, 6) is -0.462. The van der Waals surface area contributed by atoms with E-state index in [9.17, 15) is 4.39 Å². The standard InChI is InChI=1S/C10H9FN4S/c11-8-7(5-14-15-10(12)13)2-1-6-3-4-16-9(6)8/h1-5H,(H4,12,13,15). The molecule has 82 valence electrons. The van der Waals surface area contributed by atoms with Gasteiger partial charge in [0, 0.05) is 5.56 Å². The molecule has 1 heterocycles. The van der Waals surface area contributed by atoms with Gasteiger partial charge in [0.15, 0.2) is 0 Å². The van der Waals surface area contributed by atoms with Gasteiger partial charge in [0.05, 0.1) is 10.9 Å². The summed E-state index contributed by atoms with van der Waals surface area (Å²) in [6, 6.07) is 5.32. The second kappa shape index (κ2) is 4.28. The minimum atomic E-state index is -0.304. The molecule has 0 saturated carbocycles. The quantitative estimate of drug-likeness (QED) is 0.472. The maximum absolute atomic E-state index is 13.8. The molecule has 0 aliphatic heterocycles. The molecule has 6 heteroatoms. The van der Waals surface area contributed by atoms with Crippen LogP contribution in [0.3, 0.4) is 0 Å². The zero-order valence-electron chi connectivity index (χ0n) is 8.22. The predicted octanol–water partition coefficient (Wildman–Crippen LogP) is 1.65. The monoisotopic (exact) mass is 236 g/mol. The molecule has 16 heavy (non-hydrogen) atoms. The van der Waals surface area contributed by atoms with Gasteiger partial charge in [-0.1, -0.05) is 6.07 Å². The average Bonchev–Trinajstić information content (AvgIpc) is 2.69. The molecule has 4 nitrogen and oxygen atoms in total. The van der Waals surface area contributed by atoms with Crippen molar-refractivity contribution in [3.8, 4) is 0 Å². The van der Waals surface area contributed by atoms with E-state index in [-0.39, 0.29) is 11.8 Å². The largest absolute Gasteiger partial charge is 0.369 e. The molecule has 2 rings (SSSR count). The fourth-order valence-electron chi connectivity index (χ4n) is 1.27. The Morgan fingerprint density at radius 1 is 1.31 bits per heavy atom. The lowest BCUT2D eigenvalue weighted by Gasteiger charge is -1.96. The molecule has 0 spiro atoms. The second-order valence-electron chi connectivity index (χ2n) is 3.08. The lowest BCUT2D eigenvalue weighted by atomic mass is 10.2. The van der Waals surface area contributed by atoms with Crippen molar-refractivity contribution in [2.75, 3.05) is 0 Å². The molecular formula is C10H9FN4S. The van der Waals surface area contributed by atoms with Gasteiger partial charge in [-0.15, -0.1) is 16.4 Å². The van der Waals surface area contributed by atoms with Crippen LogP contribution < -0.4 is 11.5 Å². The van der Waals surface area contributed by atoms with E-state index in [1.165, 1.54) is 17.6 Å². The van der Waals surface area contributed by atoms with Crippen LogP contribution in [0.25, 0.3) is 10.1 Å². The lowest BCUT2D eigenvalue weighted by Crippen LogP contribution is -2.21. The Kier molecular flexibility index (Phi) is 2.82. The van der Waals surface area contributed by atoms with Crippen molar-refractivity contribution in [2.45, 2.75) is 0 Å². The van der Waals surface area contributed by atoms with E-state index in [2.05, 4.69) is 10.2 Å². The normalized spacial score (nSPS) is 11.1. The molecule has 0 aliphatic carbocycles. The van der Waals surface area contributed by atoms with Gasteiger partial charge in [-0.05, 0) is 22.9 Å². The van der Waals surface area contributed by atoms with Gasteiger partial charge in [0.1, 0.15) is 5.82 Å². The number of guanidine groups is 1. The van der Waals surface area contributed by atoms with Gasteiger partial charge in [-0.2, -0.15) is 5.10 Å². The summed E-state index contributed by atoms with van der Waals surface area (Å²) in [6.45, 7) is 0. The zero-order chi connectivity index (χ0) is 11.5. The summed E-state index contributed by atoms with van der Waals surface area (Å²) in [5, 5.41) is 9.69. The van der Waals surface area contributed by atoms with E-state index in [4.69, 9.17) is 11.5 Å². The number of nitrogens with two attached hydrogens (primary N) is 2. The molecule has 0 unspecified atom stereocenters. The number of rotatable bonds is 2. The molecular weight excluding hydrogens is 227 g/mol. The van der Waals surface area contributed by atoms with E-state index in [0.29, 0.717) is 10.3 Å². The van der Waals surface area contributed by atoms with Gasteiger partial charge < -0.3 is 11.5 Å². The van der Waals surface area contributed by atoms with Crippen LogP contribution in [0.15, 0.2) is 33.8 Å². The number of hydrogen-bond acceptors (Lipinski definition) is 3. The Morgan fingerprint density at radius 2 is 2.12 bits per heavy atom. The van der Waals surface area contributed by atoms with E-state index in [1.807, 2.05) is 17.5 Å². The van der Waals surface area contributed by atoms with Crippen molar-refractivity contribution >= 4 is 33.6 Å². The fraction of sp³-hybridized carbons (Fsp3) is 0. The minimum Gasteiger partial charge on any atom is -0.369 e. The summed E-state index contributed by atoms with van der Waals surface area (Å²) in [4.78, 5) is 0. The van der Waals surface area contributed by atoms with E-state index >= 15 is 0 Å². The molecule has 1 aromatic carbocycles. The van der Waals surface area contributed by atoms with Crippen LogP contribution in [0.1, 0.15) is 5.56 Å². The number of halogens is 1. The molecule has 0 radical (unpaired) electrons. The molecule has 0 saturated heterocycles. The van der Waals surface area contributed by atoms with Crippen LogP contribution in [0, 0.1) is 5.82 Å². The first-order valence-electron chi connectivity index (χ1n) is 4.46. The van der Waals surface area contributed by atoms with Gasteiger partial charge in [0.2, 0.25) is 5.96 Å². The summed E-state index contributed by atoms with van der Waals surface area (Å²) < 4.78 is 14.4. The molecule has 0 amide bonds. The van der Waals surface area contributed by atoms with Crippen LogP contribution in [0.5, 0.6) is 0 Å². The number of nitrogens with zero attached hydrogens (tertiary/aromatic N) is 2. The summed E-state index contributed by atoms with van der Waals surface area (Å²) in [6.07, 6.45) is 1.29. The van der Waals surface area contributed by atoms with Crippen LogP contribution in [-0.4, -0.2) is 12.2 Å². The van der Waals surface area contributed by atoms with Crippen LogP contribution in [0.2, 0.25) is 0 Å². The van der Waals surface area contributed by atoms with Crippen molar-refractivity contribution in [1.29, 1.82) is 0 Å². The molecule has 4 N–H and O–H groups in total. The molecule has 2 aromatic rings. The molecule has 0 fully saturated rings. The molecule has 0 atom stereocenters. The van der Waals surface area contributed by atoms with Gasteiger partial charge in [0.25, 0.3) is 0 Å². The second-order valence-corrected chi connectivity index (χ2v) is 3.99. The third-order valence-corrected chi connectivity index (χ3v) is 2.88. The summed E-state index contributed by atoms with van der Waals surface area (Å²) in [7, 11) is 0. The number of benzene rings is 1. The molecule has 0 bridgehead atoms. The predicted molar refractivity (Wildman–Crippen MR) is 65.2 cm³/mol. The smallest absolute Gasteiger partial charge is 0.211 e. The van der Waals surface area contributed by atoms with E-state index in [0.717, 1.165) is 5.39 Å². The van der Waals surface area contributed by atoms with Crippen molar-refractivity contribution < 1.29 is 4.39 Å². The van der Waals surface area contributed by atoms with Crippen molar-refractivity contribution in [2.24, 2.45) is 21.7 Å². The van der Waals surface area contributed by atoms with Crippen molar-refractivity contribution in [1.82, 2.24) is 0 Å². The Morgan fingerprint density at radius 3 is 2.88 bits per heavy atom. The minimum absolute atomic E-state index is 0.158. The highest BCUT2D eigenvalue weighted by Gasteiger charge is 2.06. The van der Waals surface area contributed by atoms with Gasteiger partial charge in [-0.25, -0.2) is 4.39 Å². The Bertz CT molecular complexity index is 569. The third-order valence-electron chi connectivity index (χ3n) is 1.96. The maximum Gasteiger partial charge on any atom is 0.211 e. The lowest BCUT2D eigenvalue weighted by molar-refractivity contribution is 0.640. The highest BCUT2D eigenvalue weighted by atomic mass is 32.1. The summed E-state index contributed by atoms with van der Waals surface area (Å²) in [5.41, 5.74) is 10.5. The first kappa shape index (κ1) is 10.6. The highest BCUT2D eigenvalue weighted by Crippen LogP contribution is 2.25. The Hall–Kier alpha value is -1.95. The third kappa shape index (κ3) is 2.01. The van der Waals surface area contributed by atoms with Gasteiger partial charge in [-0.3, -0.25) is 0 Å². The SMILES string of the molecule is NC(N)=NN=Cc1ccc2ccsc2c1F. The van der Waals surface area contributed by atoms with Crippen LogP contribution in [-0.2, 0) is 0 Å². The molecule has 0 aliphatic rings. The van der Waals surface area contributed by atoms with Crippen molar-refractivity contribution in [3.63, 3.8) is 0 Å². The number of hydrogen-bond donors (Lipinski definition) is 2. The highest BCUT2D eigenvalue weighted by molar-refractivity contribution is 7.17. The van der Waals surface area contributed by atoms with Crippen molar-refractivity contribution in [3.05, 3.63) is 35.0 Å². The number of thiophene rings is 1. The first-order chi connectivity index (χ1) is 7.68. The maximum atomic E-state index is 13.8. The van der Waals surface area contributed by atoms with Gasteiger partial charge >= 0.3 is 0 Å². The average molecular weight is 236 g/mol. The van der Waals surface area contributed by atoms with Crippen LogP contribution in [0.4, 0.5) is 4.39 Å². The Labute approximate surface area is 95.1 Å². The van der Waals surface area contributed by atoms with Crippen LogP contribution >= 0.6 is 11.3 Å². The van der Waals surface area contributed by atoms with E-state index < -0.39 is 0 Å². The summed E-state index contributed by atoms with van der Waals surface area (Å²) >= 11 is 1.35. The zero-order valence-corrected chi connectivity index (χ0v) is 9.04. The first-order valence-corrected chi connectivity index (χ1v) is 5.34. The molecule has 1 aromatic heterocycles. The topological polar surface area (TPSA) is 76.8 Å².